The molecule has 2 rings (SSSR count). The van der Waals surface area contributed by atoms with Crippen LogP contribution in [0, 0.1) is 0 Å². The van der Waals surface area contributed by atoms with Gasteiger partial charge in [0.05, 0.1) is 19.3 Å². The van der Waals surface area contributed by atoms with Crippen molar-refractivity contribution in [1.82, 2.24) is 0 Å². The first-order valence-corrected chi connectivity index (χ1v) is 7.40. The van der Waals surface area contributed by atoms with Crippen LogP contribution in [0.1, 0.15) is 10.4 Å². The highest BCUT2D eigenvalue weighted by Crippen LogP contribution is 2.21. The van der Waals surface area contributed by atoms with Gasteiger partial charge in [0.1, 0.15) is 11.5 Å². The zero-order valence-electron chi connectivity index (χ0n) is 11.6. The lowest BCUT2D eigenvalue weighted by molar-refractivity contribution is 0.0696. The van der Waals surface area contributed by atoms with Crippen molar-refractivity contribution in [1.29, 1.82) is 0 Å². The minimum absolute atomic E-state index is 0.232. The van der Waals surface area contributed by atoms with Crippen LogP contribution in [0.4, 0.5) is 0 Å². The highest BCUT2D eigenvalue weighted by atomic mass is 32.2. The van der Waals surface area contributed by atoms with E-state index in [4.69, 9.17) is 14.6 Å². The Morgan fingerprint density at radius 2 is 1.90 bits per heavy atom. The van der Waals surface area contributed by atoms with Crippen LogP contribution in [-0.2, 0) is 0 Å². The molecule has 0 aliphatic carbocycles. The van der Waals surface area contributed by atoms with Gasteiger partial charge in [0.15, 0.2) is 0 Å². The van der Waals surface area contributed by atoms with Crippen molar-refractivity contribution in [3.05, 3.63) is 54.1 Å². The summed E-state index contributed by atoms with van der Waals surface area (Å²) in [7, 11) is 1.64. The number of benzene rings is 2. The highest BCUT2D eigenvalue weighted by molar-refractivity contribution is 7.99. The van der Waals surface area contributed by atoms with Crippen LogP contribution in [0.15, 0.2) is 53.4 Å². The molecule has 0 spiro atoms. The number of thioether (sulfide) groups is 1. The van der Waals surface area contributed by atoms with Gasteiger partial charge in [0.2, 0.25) is 0 Å². The molecule has 0 fully saturated rings. The summed E-state index contributed by atoms with van der Waals surface area (Å²) >= 11 is 1.67. The van der Waals surface area contributed by atoms with E-state index in [0.717, 1.165) is 16.4 Å². The van der Waals surface area contributed by atoms with Gasteiger partial charge in [-0.3, -0.25) is 0 Å². The molecule has 0 aliphatic rings. The van der Waals surface area contributed by atoms with E-state index in [0.29, 0.717) is 12.4 Å². The monoisotopic (exact) mass is 304 g/mol. The van der Waals surface area contributed by atoms with Crippen LogP contribution in [0.3, 0.4) is 0 Å². The maximum Gasteiger partial charge on any atom is 0.335 e. The molecule has 110 valence electrons. The minimum Gasteiger partial charge on any atom is -0.497 e. The molecule has 0 amide bonds. The number of carbonyl (C=O) groups is 1. The van der Waals surface area contributed by atoms with E-state index < -0.39 is 5.97 Å². The molecular weight excluding hydrogens is 288 g/mol. The van der Waals surface area contributed by atoms with Crippen molar-refractivity contribution in [3.8, 4) is 11.5 Å². The summed E-state index contributed by atoms with van der Waals surface area (Å²) in [6.45, 7) is 0.514. The van der Waals surface area contributed by atoms with Crippen molar-refractivity contribution in [3.63, 3.8) is 0 Å². The predicted octanol–water partition coefficient (Wildman–Crippen LogP) is 3.56. The van der Waals surface area contributed by atoms with Gasteiger partial charge in [-0.15, -0.1) is 11.8 Å². The van der Waals surface area contributed by atoms with Gasteiger partial charge in [-0.2, -0.15) is 0 Å². The van der Waals surface area contributed by atoms with E-state index in [-0.39, 0.29) is 5.56 Å². The lowest BCUT2D eigenvalue weighted by Crippen LogP contribution is -2.02. The topological polar surface area (TPSA) is 55.8 Å². The second kappa shape index (κ2) is 7.59. The van der Waals surface area contributed by atoms with Crippen LogP contribution in [0.25, 0.3) is 0 Å². The van der Waals surface area contributed by atoms with Gasteiger partial charge in [-0.05, 0) is 42.5 Å². The summed E-state index contributed by atoms with van der Waals surface area (Å²) < 4.78 is 10.7. The molecule has 0 aliphatic heterocycles. The highest BCUT2D eigenvalue weighted by Gasteiger charge is 2.03. The number of rotatable bonds is 7. The molecule has 0 saturated heterocycles. The van der Waals surface area contributed by atoms with Gasteiger partial charge >= 0.3 is 5.97 Å². The Morgan fingerprint density at radius 3 is 2.57 bits per heavy atom. The van der Waals surface area contributed by atoms with Crippen molar-refractivity contribution >= 4 is 17.7 Å². The molecule has 0 atom stereocenters. The lowest BCUT2D eigenvalue weighted by atomic mass is 10.2. The summed E-state index contributed by atoms with van der Waals surface area (Å²) in [5, 5.41) is 8.90. The third kappa shape index (κ3) is 4.72. The second-order valence-electron chi connectivity index (χ2n) is 4.21. The molecule has 0 radical (unpaired) electrons. The zero-order valence-corrected chi connectivity index (χ0v) is 12.4. The first-order valence-electron chi connectivity index (χ1n) is 6.42. The van der Waals surface area contributed by atoms with Crippen molar-refractivity contribution in [2.75, 3.05) is 19.5 Å². The summed E-state index contributed by atoms with van der Waals surface area (Å²) in [6, 6.07) is 14.3. The van der Waals surface area contributed by atoms with Gasteiger partial charge in [0.25, 0.3) is 0 Å². The van der Waals surface area contributed by atoms with Gasteiger partial charge in [0, 0.05) is 10.6 Å². The first kappa shape index (κ1) is 15.3. The lowest BCUT2D eigenvalue weighted by Gasteiger charge is -2.07. The number of methoxy groups -OCH3 is 1. The van der Waals surface area contributed by atoms with Crippen LogP contribution in [-0.4, -0.2) is 30.5 Å². The number of carboxylic acid groups (broad SMARTS) is 1. The second-order valence-corrected chi connectivity index (χ2v) is 5.37. The molecule has 0 unspecified atom stereocenters. The van der Waals surface area contributed by atoms with Crippen LogP contribution in [0.2, 0.25) is 0 Å². The number of aromatic carboxylic acids is 1. The summed E-state index contributed by atoms with van der Waals surface area (Å²) in [6.07, 6.45) is 0. The van der Waals surface area contributed by atoms with E-state index in [1.54, 1.807) is 37.1 Å². The Morgan fingerprint density at radius 1 is 1.14 bits per heavy atom. The van der Waals surface area contributed by atoms with Gasteiger partial charge in [-0.25, -0.2) is 4.79 Å². The Bertz CT molecular complexity index is 595. The number of carboxylic acids is 1. The normalized spacial score (nSPS) is 10.1. The number of ether oxygens (including phenoxy) is 2. The Hall–Kier alpha value is -2.14. The first-order chi connectivity index (χ1) is 10.2. The third-order valence-corrected chi connectivity index (χ3v) is 3.74. The molecule has 0 saturated carbocycles. The zero-order chi connectivity index (χ0) is 15.1. The SMILES string of the molecule is COc1ccc(SCCOc2cccc(C(=O)O)c2)cc1. The van der Waals surface area contributed by atoms with Crippen molar-refractivity contribution in [2.24, 2.45) is 0 Å². The smallest absolute Gasteiger partial charge is 0.335 e. The Labute approximate surface area is 127 Å². The average Bonchev–Trinajstić information content (AvgIpc) is 2.52. The molecule has 2 aromatic carbocycles. The van der Waals surface area contributed by atoms with E-state index in [1.807, 2.05) is 24.3 Å². The van der Waals surface area contributed by atoms with E-state index in [9.17, 15) is 4.79 Å². The van der Waals surface area contributed by atoms with Crippen LogP contribution < -0.4 is 9.47 Å². The largest absolute Gasteiger partial charge is 0.497 e. The molecule has 21 heavy (non-hydrogen) atoms. The Kier molecular flexibility index (Phi) is 5.51. The third-order valence-electron chi connectivity index (χ3n) is 2.76. The average molecular weight is 304 g/mol. The quantitative estimate of drug-likeness (QED) is 0.626. The molecule has 0 aromatic heterocycles. The predicted molar refractivity (Wildman–Crippen MR) is 82.6 cm³/mol. The molecule has 2 aromatic rings. The maximum atomic E-state index is 10.9. The van der Waals surface area contributed by atoms with E-state index in [2.05, 4.69) is 0 Å². The van der Waals surface area contributed by atoms with Gasteiger partial charge in [-0.1, -0.05) is 6.07 Å². The van der Waals surface area contributed by atoms with Crippen LogP contribution >= 0.6 is 11.8 Å². The molecule has 5 heteroatoms. The van der Waals surface area contributed by atoms with Crippen LogP contribution in [0.5, 0.6) is 11.5 Å². The molecule has 1 N–H and O–H groups in total. The summed E-state index contributed by atoms with van der Waals surface area (Å²) in [5.41, 5.74) is 0.232. The Balaban J connectivity index is 1.78. The number of hydrogen-bond acceptors (Lipinski definition) is 4. The standard InChI is InChI=1S/C16H16O4S/c1-19-13-5-7-15(8-6-13)21-10-9-20-14-4-2-3-12(11-14)16(17)18/h2-8,11H,9-10H2,1H3,(H,17,18). The molecular formula is C16H16O4S. The summed E-state index contributed by atoms with van der Waals surface area (Å²) in [5.74, 6) is 1.24. The van der Waals surface area contributed by atoms with Crippen molar-refractivity contribution < 1.29 is 19.4 Å². The summed E-state index contributed by atoms with van der Waals surface area (Å²) in [4.78, 5) is 12.0. The molecule has 4 nitrogen and oxygen atoms in total. The minimum atomic E-state index is -0.951. The molecule has 0 heterocycles. The fourth-order valence-corrected chi connectivity index (χ4v) is 2.44. The maximum absolute atomic E-state index is 10.9. The fraction of sp³-hybridized carbons (Fsp3) is 0.188. The van der Waals surface area contributed by atoms with E-state index >= 15 is 0 Å². The van der Waals surface area contributed by atoms with Crippen molar-refractivity contribution in [2.45, 2.75) is 4.90 Å². The van der Waals surface area contributed by atoms with Gasteiger partial charge < -0.3 is 14.6 Å². The molecule has 0 bridgehead atoms. The van der Waals surface area contributed by atoms with E-state index in [1.165, 1.54) is 6.07 Å². The fourth-order valence-electron chi connectivity index (χ4n) is 1.71. The number of hydrogen-bond donors (Lipinski definition) is 1.